The smallest absolute Gasteiger partial charge is 0.345 e. The predicted octanol–water partition coefficient (Wildman–Crippen LogP) is 3.87. The molecule has 3 heterocycles. The number of nitrogens with one attached hydrogen (secondary N) is 1. The van der Waals surface area contributed by atoms with Gasteiger partial charge in [0.15, 0.2) is 0 Å². The first-order chi connectivity index (χ1) is 14.3. The lowest BCUT2D eigenvalue weighted by molar-refractivity contribution is 0.230. The fourth-order valence-corrected chi connectivity index (χ4v) is 4.03. The van der Waals surface area contributed by atoms with Crippen LogP contribution in [0.4, 0.5) is 10.5 Å². The number of urea groups is 1. The van der Waals surface area contributed by atoms with E-state index in [1.165, 1.54) is 17.3 Å². The molecule has 0 spiro atoms. The Morgan fingerprint density at radius 3 is 2.97 bits per heavy atom. The summed E-state index contributed by atoms with van der Waals surface area (Å²) in [6.45, 7) is 1.48. The summed E-state index contributed by atoms with van der Waals surface area (Å²) in [5, 5.41) is 7.31. The molecule has 0 bridgehead atoms. The van der Waals surface area contributed by atoms with Gasteiger partial charge in [-0.25, -0.2) is 14.5 Å². The van der Waals surface area contributed by atoms with E-state index in [4.69, 9.17) is 4.74 Å². The van der Waals surface area contributed by atoms with Crippen LogP contribution in [0.3, 0.4) is 0 Å². The third-order valence-electron chi connectivity index (χ3n) is 5.40. The molecule has 29 heavy (non-hydrogen) atoms. The maximum Gasteiger partial charge on any atom is 0.345 e. The first kappa shape index (κ1) is 17.6. The zero-order chi connectivity index (χ0) is 19.6. The summed E-state index contributed by atoms with van der Waals surface area (Å²) in [6.07, 6.45) is 10.7. The number of aliphatic imine (C=N–C) groups is 1. The molecule has 2 aromatic heterocycles. The third-order valence-corrected chi connectivity index (χ3v) is 5.40. The van der Waals surface area contributed by atoms with Gasteiger partial charge in [-0.3, -0.25) is 4.98 Å². The number of hydrogen-bond donors (Lipinski definition) is 1. The molecule has 7 heteroatoms. The number of amides is 2. The number of aryl methyl sites for hydroxylation is 2. The Balaban J connectivity index is 1.43. The molecule has 7 nitrogen and oxygen atoms in total. The van der Waals surface area contributed by atoms with E-state index < -0.39 is 6.03 Å². The quantitative estimate of drug-likeness (QED) is 0.692. The van der Waals surface area contributed by atoms with Gasteiger partial charge in [-0.05, 0) is 48.1 Å². The number of nitrogens with zero attached hydrogens (tertiary/aromatic N) is 4. The monoisotopic (exact) mass is 387 g/mol. The molecule has 0 unspecified atom stereocenters. The highest BCUT2D eigenvalue weighted by molar-refractivity contribution is 6.01. The van der Waals surface area contributed by atoms with E-state index in [1.54, 1.807) is 23.3 Å². The number of anilines is 1. The molecule has 1 aliphatic heterocycles. The highest BCUT2D eigenvalue weighted by Gasteiger charge is 2.20. The molecule has 0 radical (unpaired) electrons. The van der Waals surface area contributed by atoms with Gasteiger partial charge in [0, 0.05) is 37.1 Å². The average molecular weight is 387 g/mol. The van der Waals surface area contributed by atoms with E-state index in [1.807, 2.05) is 12.1 Å². The molecular weight excluding hydrogens is 366 g/mol. The van der Waals surface area contributed by atoms with E-state index >= 15 is 0 Å². The zero-order valence-corrected chi connectivity index (χ0v) is 16.0. The number of rotatable bonds is 3. The highest BCUT2D eigenvalue weighted by atomic mass is 16.5. The highest BCUT2D eigenvalue weighted by Crippen LogP contribution is 2.37. The molecule has 0 fully saturated rings. The number of ether oxygens (including phenoxy) is 1. The van der Waals surface area contributed by atoms with Crippen molar-refractivity contribution in [2.24, 2.45) is 4.99 Å². The Morgan fingerprint density at radius 1 is 1.17 bits per heavy atom. The van der Waals surface area contributed by atoms with Crippen molar-refractivity contribution in [2.45, 2.75) is 32.2 Å². The number of pyridine rings is 1. The Hall–Kier alpha value is -3.48. The molecule has 1 aliphatic carbocycles. The van der Waals surface area contributed by atoms with Crippen LogP contribution in [-0.2, 0) is 19.4 Å². The van der Waals surface area contributed by atoms with Crippen LogP contribution in [-0.4, -0.2) is 33.6 Å². The Morgan fingerprint density at radius 2 is 2.07 bits per heavy atom. The van der Waals surface area contributed by atoms with Gasteiger partial charge < -0.3 is 10.1 Å². The van der Waals surface area contributed by atoms with E-state index in [0.29, 0.717) is 18.1 Å². The molecule has 5 rings (SSSR count). The van der Waals surface area contributed by atoms with E-state index in [2.05, 4.69) is 32.5 Å². The number of aromatic nitrogens is 3. The van der Waals surface area contributed by atoms with Gasteiger partial charge in [0.05, 0.1) is 24.1 Å². The maximum atomic E-state index is 12.7. The summed E-state index contributed by atoms with van der Waals surface area (Å²) in [6, 6.07) is 7.73. The fraction of sp³-hybridized carbons (Fsp3) is 0.273. The van der Waals surface area contributed by atoms with Crippen molar-refractivity contribution >= 4 is 17.9 Å². The van der Waals surface area contributed by atoms with Gasteiger partial charge in [0.1, 0.15) is 0 Å². The minimum absolute atomic E-state index is 0.406. The van der Waals surface area contributed by atoms with Crippen molar-refractivity contribution in [2.75, 3.05) is 11.9 Å². The van der Waals surface area contributed by atoms with Crippen molar-refractivity contribution in [1.29, 1.82) is 0 Å². The molecule has 3 aromatic rings. The van der Waals surface area contributed by atoms with Crippen LogP contribution in [0, 0.1) is 0 Å². The number of fused-ring (bicyclic) bond motifs is 2. The zero-order valence-electron chi connectivity index (χ0n) is 16.0. The van der Waals surface area contributed by atoms with Crippen molar-refractivity contribution in [1.82, 2.24) is 14.8 Å². The van der Waals surface area contributed by atoms with E-state index in [0.717, 1.165) is 49.0 Å². The SMILES string of the molecule is O=C(/N=C/c1cnn2c1OCCC2)Nc1c(-c2ccncc2)ccc2c1CCC2. The number of carbonyl (C=O) groups excluding carboxylic acids is 1. The van der Waals surface area contributed by atoms with Crippen molar-refractivity contribution in [3.05, 3.63) is 59.5 Å². The standard InChI is InChI=1S/C22H21N5O2/c28-22(24-13-17-14-25-27-11-2-12-29-21(17)27)26-20-18-4-1-3-15(18)5-6-19(20)16-7-9-23-10-8-16/h5-10,13-14H,1-4,11-12H2,(H,26,28)/b24-13+. The molecule has 0 atom stereocenters. The van der Waals surface area contributed by atoms with Gasteiger partial charge in [-0.2, -0.15) is 5.10 Å². The Labute approximate surface area is 168 Å². The summed E-state index contributed by atoms with van der Waals surface area (Å²) in [4.78, 5) is 20.9. The van der Waals surface area contributed by atoms with Gasteiger partial charge in [-0.1, -0.05) is 12.1 Å². The molecule has 0 saturated carbocycles. The van der Waals surface area contributed by atoms with Crippen molar-refractivity contribution < 1.29 is 9.53 Å². The molecule has 1 N–H and O–H groups in total. The largest absolute Gasteiger partial charge is 0.477 e. The summed E-state index contributed by atoms with van der Waals surface area (Å²) in [5.74, 6) is 0.672. The first-order valence-corrected chi connectivity index (χ1v) is 9.88. The Kier molecular flexibility index (Phi) is 4.56. The topological polar surface area (TPSA) is 81.4 Å². The van der Waals surface area contributed by atoms with Crippen LogP contribution in [0.15, 0.2) is 47.8 Å². The number of carbonyl (C=O) groups is 1. The van der Waals surface area contributed by atoms with Crippen LogP contribution >= 0.6 is 0 Å². The van der Waals surface area contributed by atoms with Gasteiger partial charge in [-0.15, -0.1) is 0 Å². The van der Waals surface area contributed by atoms with Crippen LogP contribution in [0.25, 0.3) is 11.1 Å². The normalized spacial score (nSPS) is 15.0. The molecule has 146 valence electrons. The first-order valence-electron chi connectivity index (χ1n) is 9.88. The minimum Gasteiger partial charge on any atom is -0.477 e. The van der Waals surface area contributed by atoms with Crippen LogP contribution in [0.1, 0.15) is 29.5 Å². The van der Waals surface area contributed by atoms with Crippen LogP contribution in [0.5, 0.6) is 5.88 Å². The molecule has 1 aromatic carbocycles. The second-order valence-corrected chi connectivity index (χ2v) is 7.23. The van der Waals surface area contributed by atoms with Crippen molar-refractivity contribution in [3.63, 3.8) is 0 Å². The third kappa shape index (κ3) is 3.40. The predicted molar refractivity (Wildman–Crippen MR) is 111 cm³/mol. The summed E-state index contributed by atoms with van der Waals surface area (Å²) < 4.78 is 7.45. The number of hydrogen-bond acceptors (Lipinski definition) is 4. The summed E-state index contributed by atoms with van der Waals surface area (Å²) in [7, 11) is 0. The van der Waals surface area contributed by atoms with Gasteiger partial charge >= 0.3 is 6.03 Å². The van der Waals surface area contributed by atoms with Crippen LogP contribution < -0.4 is 10.1 Å². The molecular formula is C22H21N5O2. The van der Waals surface area contributed by atoms with Gasteiger partial charge in [0.2, 0.25) is 5.88 Å². The van der Waals surface area contributed by atoms with E-state index in [-0.39, 0.29) is 0 Å². The summed E-state index contributed by atoms with van der Waals surface area (Å²) in [5.41, 5.74) is 6.07. The van der Waals surface area contributed by atoms with E-state index in [9.17, 15) is 4.79 Å². The van der Waals surface area contributed by atoms with Crippen molar-refractivity contribution in [3.8, 4) is 17.0 Å². The average Bonchev–Trinajstić information content (AvgIpc) is 3.40. The summed E-state index contributed by atoms with van der Waals surface area (Å²) >= 11 is 0. The molecule has 0 saturated heterocycles. The lowest BCUT2D eigenvalue weighted by atomic mass is 9.98. The Bertz CT molecular complexity index is 1090. The molecule has 2 amide bonds. The van der Waals surface area contributed by atoms with Gasteiger partial charge in [0.25, 0.3) is 0 Å². The second kappa shape index (κ2) is 7.50. The number of benzene rings is 1. The lowest BCUT2D eigenvalue weighted by Gasteiger charge is -2.15. The fourth-order valence-electron chi connectivity index (χ4n) is 4.03. The maximum absolute atomic E-state index is 12.7. The molecule has 2 aliphatic rings. The minimum atomic E-state index is -0.406. The lowest BCUT2D eigenvalue weighted by Crippen LogP contribution is -2.15. The second-order valence-electron chi connectivity index (χ2n) is 7.23. The van der Waals surface area contributed by atoms with Crippen LogP contribution in [0.2, 0.25) is 0 Å².